The number of benzene rings is 3. The molecule has 0 unspecified atom stereocenters. The maximum Gasteiger partial charge on any atom is 0.140 e. The van der Waals surface area contributed by atoms with E-state index >= 15 is 0 Å². The van der Waals surface area contributed by atoms with E-state index in [2.05, 4.69) is 99.9 Å². The summed E-state index contributed by atoms with van der Waals surface area (Å²) < 4.78 is 16.8. The monoisotopic (exact) mass is 547 g/mol. The quantitative estimate of drug-likeness (QED) is 0.177. The summed E-state index contributed by atoms with van der Waals surface area (Å²) in [7, 11) is 0. The molecule has 1 heterocycles. The molecule has 4 aromatic rings. The number of hydrogen-bond donors (Lipinski definition) is 0. The Balaban J connectivity index is 1.79. The molecule has 0 atom stereocenters. The van der Waals surface area contributed by atoms with E-state index in [1.807, 2.05) is 12.1 Å². The van der Waals surface area contributed by atoms with Crippen molar-refractivity contribution in [2.24, 2.45) is 0 Å². The van der Waals surface area contributed by atoms with Crippen molar-refractivity contribution in [2.45, 2.75) is 59.2 Å². The molecule has 0 N–H and O–H groups in total. The molecule has 0 radical (unpaired) electrons. The molecular weight excluding hydrogens is 513 g/mol. The van der Waals surface area contributed by atoms with Crippen molar-refractivity contribution in [2.75, 3.05) is 6.54 Å². The number of imidazole rings is 1. The van der Waals surface area contributed by atoms with Crippen molar-refractivity contribution in [1.82, 2.24) is 14.5 Å². The summed E-state index contributed by atoms with van der Waals surface area (Å²) in [6, 6.07) is 26.4. The van der Waals surface area contributed by atoms with Crippen LogP contribution in [0.1, 0.15) is 50.8 Å². The van der Waals surface area contributed by atoms with Crippen LogP contribution in [-0.4, -0.2) is 21.0 Å². The minimum Gasteiger partial charge on any atom is -0.326 e. The lowest BCUT2D eigenvalue weighted by atomic mass is 10.1. The van der Waals surface area contributed by atoms with Crippen LogP contribution >= 0.6 is 15.9 Å². The van der Waals surface area contributed by atoms with Gasteiger partial charge in [-0.3, -0.25) is 4.90 Å². The largest absolute Gasteiger partial charge is 0.326 e. The lowest BCUT2D eigenvalue weighted by Crippen LogP contribution is -2.26. The summed E-state index contributed by atoms with van der Waals surface area (Å²) in [5.74, 6) is 0.799. The Morgan fingerprint density at radius 1 is 0.833 bits per heavy atom. The Labute approximate surface area is 223 Å². The van der Waals surface area contributed by atoms with Crippen LogP contribution in [0.4, 0.5) is 4.39 Å². The second-order valence-electron chi connectivity index (χ2n) is 9.28. The number of nitrogens with zero attached hydrogens (tertiary/aromatic N) is 3. The zero-order valence-corrected chi connectivity index (χ0v) is 22.8. The Morgan fingerprint density at radius 2 is 1.50 bits per heavy atom. The third kappa shape index (κ3) is 6.51. The Bertz CT molecular complexity index is 1240. The van der Waals surface area contributed by atoms with Gasteiger partial charge in [0.25, 0.3) is 0 Å². The van der Waals surface area contributed by atoms with E-state index in [1.165, 1.54) is 5.69 Å². The van der Waals surface area contributed by atoms with Gasteiger partial charge in [0, 0.05) is 30.8 Å². The highest BCUT2D eigenvalue weighted by molar-refractivity contribution is 9.10. The fourth-order valence-electron chi connectivity index (χ4n) is 4.54. The van der Waals surface area contributed by atoms with Gasteiger partial charge in [-0.15, -0.1) is 0 Å². The summed E-state index contributed by atoms with van der Waals surface area (Å²) in [4.78, 5) is 7.72. The smallest absolute Gasteiger partial charge is 0.140 e. The summed E-state index contributed by atoms with van der Waals surface area (Å²) in [6.45, 7) is 7.90. The van der Waals surface area contributed by atoms with E-state index in [1.54, 1.807) is 6.07 Å². The van der Waals surface area contributed by atoms with Crippen LogP contribution in [0.25, 0.3) is 22.6 Å². The fraction of sp³-hybridized carbons (Fsp3) is 0.323. The van der Waals surface area contributed by atoms with Crippen molar-refractivity contribution >= 4 is 15.9 Å². The fourth-order valence-corrected chi connectivity index (χ4v) is 4.97. The van der Waals surface area contributed by atoms with E-state index in [9.17, 15) is 4.39 Å². The van der Waals surface area contributed by atoms with Gasteiger partial charge in [-0.05, 0) is 53.0 Å². The Hall–Kier alpha value is -2.76. The second-order valence-corrected chi connectivity index (χ2v) is 10.1. The number of rotatable bonds is 12. The van der Waals surface area contributed by atoms with Crippen LogP contribution < -0.4 is 0 Å². The zero-order valence-electron chi connectivity index (χ0n) is 21.3. The van der Waals surface area contributed by atoms with Crippen molar-refractivity contribution < 1.29 is 4.39 Å². The Morgan fingerprint density at radius 3 is 2.14 bits per heavy atom. The van der Waals surface area contributed by atoms with E-state index in [-0.39, 0.29) is 5.82 Å². The minimum absolute atomic E-state index is 0.227. The van der Waals surface area contributed by atoms with Crippen molar-refractivity contribution in [1.29, 1.82) is 0 Å². The molecule has 4 rings (SSSR count). The lowest BCUT2D eigenvalue weighted by Gasteiger charge is -2.24. The molecule has 36 heavy (non-hydrogen) atoms. The maximum absolute atomic E-state index is 13.9. The van der Waals surface area contributed by atoms with Crippen molar-refractivity contribution in [3.8, 4) is 22.6 Å². The molecule has 0 aliphatic carbocycles. The molecule has 1 aromatic heterocycles. The summed E-state index contributed by atoms with van der Waals surface area (Å²) in [5, 5.41) is 0. The lowest BCUT2D eigenvalue weighted by molar-refractivity contribution is 0.246. The first-order valence-corrected chi connectivity index (χ1v) is 13.8. The third-order valence-corrected chi connectivity index (χ3v) is 7.09. The van der Waals surface area contributed by atoms with E-state index < -0.39 is 0 Å². The highest BCUT2D eigenvalue weighted by Gasteiger charge is 2.22. The standard InChI is InChI=1S/C31H35BrFN3/c1-3-5-19-35(22-24-17-18-28(33)27(32)21-24)23-29-30(25-13-9-7-10-14-25)34-31(36(29)20-6-4-2)26-15-11-8-12-16-26/h7-18,21H,3-6,19-20,22-23H2,1-2H3. The van der Waals surface area contributed by atoms with Crippen LogP contribution in [0.15, 0.2) is 83.3 Å². The highest BCUT2D eigenvalue weighted by Crippen LogP contribution is 2.31. The van der Waals surface area contributed by atoms with E-state index in [0.29, 0.717) is 4.47 Å². The molecule has 3 nitrogen and oxygen atoms in total. The molecule has 0 saturated heterocycles. The normalized spacial score (nSPS) is 11.4. The summed E-state index contributed by atoms with van der Waals surface area (Å²) >= 11 is 3.36. The maximum atomic E-state index is 13.9. The molecule has 0 fully saturated rings. The molecule has 3 aromatic carbocycles. The second kappa shape index (κ2) is 13.0. The predicted molar refractivity (Wildman–Crippen MR) is 151 cm³/mol. The first-order chi connectivity index (χ1) is 17.6. The van der Waals surface area contributed by atoms with Gasteiger partial charge in [0.2, 0.25) is 0 Å². The number of unbranched alkanes of at least 4 members (excludes halogenated alkanes) is 2. The molecule has 0 bridgehead atoms. The van der Waals surface area contributed by atoms with Crippen LogP contribution in [-0.2, 0) is 19.6 Å². The molecule has 0 spiro atoms. The average molecular weight is 549 g/mol. The SMILES string of the molecule is CCCCN(Cc1ccc(F)c(Br)c1)Cc1c(-c2ccccc2)nc(-c2ccccc2)n1CCCC. The number of halogens is 2. The van der Waals surface area contributed by atoms with Gasteiger partial charge in [0.15, 0.2) is 0 Å². The number of hydrogen-bond acceptors (Lipinski definition) is 2. The molecule has 0 aliphatic heterocycles. The molecule has 0 saturated carbocycles. The molecular formula is C31H35BrFN3. The number of aromatic nitrogens is 2. The molecule has 0 aliphatic rings. The van der Waals surface area contributed by atoms with Gasteiger partial charge in [0.05, 0.1) is 15.9 Å². The zero-order chi connectivity index (χ0) is 25.3. The van der Waals surface area contributed by atoms with Gasteiger partial charge in [-0.2, -0.15) is 0 Å². The van der Waals surface area contributed by atoms with Crippen LogP contribution in [0.5, 0.6) is 0 Å². The van der Waals surface area contributed by atoms with Crippen LogP contribution in [0.2, 0.25) is 0 Å². The highest BCUT2D eigenvalue weighted by atomic mass is 79.9. The Kier molecular flexibility index (Phi) is 9.48. The van der Waals surface area contributed by atoms with Gasteiger partial charge in [-0.25, -0.2) is 9.37 Å². The molecule has 188 valence electrons. The predicted octanol–water partition coefficient (Wildman–Crippen LogP) is 8.72. The van der Waals surface area contributed by atoms with Crippen LogP contribution in [0, 0.1) is 5.82 Å². The van der Waals surface area contributed by atoms with E-state index in [0.717, 1.165) is 80.1 Å². The molecule has 5 heteroatoms. The van der Waals surface area contributed by atoms with Crippen molar-refractivity contribution in [3.63, 3.8) is 0 Å². The topological polar surface area (TPSA) is 21.1 Å². The summed E-state index contributed by atoms with van der Waals surface area (Å²) in [6.07, 6.45) is 4.45. The average Bonchev–Trinajstić information content (AvgIpc) is 3.27. The van der Waals surface area contributed by atoms with E-state index in [4.69, 9.17) is 4.98 Å². The van der Waals surface area contributed by atoms with Crippen LogP contribution in [0.3, 0.4) is 0 Å². The summed E-state index contributed by atoms with van der Waals surface area (Å²) in [5.41, 5.74) is 5.67. The first-order valence-electron chi connectivity index (χ1n) is 13.0. The van der Waals surface area contributed by atoms with Gasteiger partial charge >= 0.3 is 0 Å². The minimum atomic E-state index is -0.227. The third-order valence-electron chi connectivity index (χ3n) is 6.48. The van der Waals surface area contributed by atoms with Gasteiger partial charge in [0.1, 0.15) is 11.6 Å². The molecule has 0 amide bonds. The van der Waals surface area contributed by atoms with Gasteiger partial charge in [-0.1, -0.05) is 93.4 Å². The van der Waals surface area contributed by atoms with Gasteiger partial charge < -0.3 is 4.57 Å². The van der Waals surface area contributed by atoms with Crippen molar-refractivity contribution in [3.05, 3.63) is 100 Å². The first kappa shape index (κ1) is 26.3.